The molecular formula is C24H27F2N7O2. The van der Waals surface area contributed by atoms with Gasteiger partial charge in [-0.1, -0.05) is 0 Å². The summed E-state index contributed by atoms with van der Waals surface area (Å²) in [5.74, 6) is 0.575. The van der Waals surface area contributed by atoms with Crippen LogP contribution in [-0.2, 0) is 4.79 Å². The van der Waals surface area contributed by atoms with Crippen LogP contribution in [0.5, 0.6) is 5.88 Å². The average Bonchev–Trinajstić information content (AvgIpc) is 3.48. The summed E-state index contributed by atoms with van der Waals surface area (Å²) in [4.78, 5) is 21.9. The molecule has 3 aromatic heterocycles. The lowest BCUT2D eigenvalue weighted by Gasteiger charge is -2.16. The minimum Gasteiger partial charge on any atom is -0.479 e. The normalized spacial score (nSPS) is 18.2. The van der Waals surface area contributed by atoms with Crippen LogP contribution in [0, 0.1) is 12.7 Å². The van der Waals surface area contributed by atoms with E-state index in [1.807, 2.05) is 37.5 Å². The van der Waals surface area contributed by atoms with E-state index in [1.165, 1.54) is 25.0 Å². The number of carbonyl (C=O) groups is 1. The number of halogens is 2. The number of ether oxygens (including phenoxy) is 1. The third-order valence-electron chi connectivity index (χ3n) is 6.43. The number of alkyl halides is 1. The zero-order chi connectivity index (χ0) is 25.0. The molecule has 4 heterocycles. The summed E-state index contributed by atoms with van der Waals surface area (Å²) in [6, 6.07) is 4.64. The number of benzene rings is 1. The Balaban J connectivity index is 1.56. The second-order valence-electron chi connectivity index (χ2n) is 9.11. The molecule has 1 aliphatic heterocycles. The third kappa shape index (κ3) is 3.84. The van der Waals surface area contributed by atoms with Crippen LogP contribution in [0.1, 0.15) is 32.6 Å². The SMILES string of the molecule is COc1nc(N[C@H]2CN(C(C)=O)C[C@H]2F)nn2ccc(-c3cc(F)c4nc(C)n(C(C)C)c4c3)c12. The van der Waals surface area contributed by atoms with Crippen LogP contribution in [0.3, 0.4) is 0 Å². The van der Waals surface area contributed by atoms with E-state index in [9.17, 15) is 9.18 Å². The lowest BCUT2D eigenvalue weighted by Crippen LogP contribution is -2.32. The molecule has 1 aliphatic rings. The van der Waals surface area contributed by atoms with E-state index in [-0.39, 0.29) is 36.9 Å². The van der Waals surface area contributed by atoms with Gasteiger partial charge in [0.25, 0.3) is 0 Å². The molecule has 0 spiro atoms. The zero-order valence-corrected chi connectivity index (χ0v) is 20.2. The quantitative estimate of drug-likeness (QED) is 0.465. The van der Waals surface area contributed by atoms with Gasteiger partial charge < -0.3 is 19.5 Å². The Hall–Kier alpha value is -3.76. The van der Waals surface area contributed by atoms with Gasteiger partial charge >= 0.3 is 0 Å². The first kappa shape index (κ1) is 23.0. The first-order valence-corrected chi connectivity index (χ1v) is 11.5. The number of aryl methyl sites for hydroxylation is 1. The van der Waals surface area contributed by atoms with Gasteiger partial charge in [0.05, 0.1) is 25.2 Å². The molecule has 1 aromatic carbocycles. The summed E-state index contributed by atoms with van der Waals surface area (Å²) in [7, 11) is 1.48. The van der Waals surface area contributed by atoms with Crippen LogP contribution >= 0.6 is 0 Å². The number of amides is 1. The Morgan fingerprint density at radius 1 is 1.26 bits per heavy atom. The van der Waals surface area contributed by atoms with Gasteiger partial charge in [0.2, 0.25) is 17.7 Å². The molecule has 35 heavy (non-hydrogen) atoms. The van der Waals surface area contributed by atoms with E-state index in [4.69, 9.17) is 4.74 Å². The van der Waals surface area contributed by atoms with E-state index >= 15 is 4.39 Å². The number of fused-ring (bicyclic) bond motifs is 2. The van der Waals surface area contributed by atoms with E-state index in [1.54, 1.807) is 10.7 Å². The summed E-state index contributed by atoms with van der Waals surface area (Å²) >= 11 is 0. The molecule has 9 nitrogen and oxygen atoms in total. The number of carbonyl (C=O) groups excluding carboxylic acids is 1. The van der Waals surface area contributed by atoms with Crippen molar-refractivity contribution >= 4 is 28.4 Å². The fourth-order valence-corrected chi connectivity index (χ4v) is 4.83. The van der Waals surface area contributed by atoms with E-state index in [2.05, 4.69) is 20.4 Å². The predicted molar refractivity (Wildman–Crippen MR) is 128 cm³/mol. The standard InChI is InChI=1S/C24H27F2N7O2/c1-12(2)33-13(3)27-21-17(25)8-15(9-20(21)33)16-6-7-32-22(16)23(35-5)29-24(30-32)28-19-11-31(14(4)34)10-18(19)26/h6-9,12,18-19H,10-11H2,1-5H3,(H,28,30)/t18-,19+/m1/s1. The third-order valence-corrected chi connectivity index (χ3v) is 6.43. The Morgan fingerprint density at radius 2 is 2.03 bits per heavy atom. The van der Waals surface area contributed by atoms with Crippen molar-refractivity contribution in [3.05, 3.63) is 36.0 Å². The molecular weight excluding hydrogens is 456 g/mol. The maximum absolute atomic E-state index is 15.1. The van der Waals surface area contributed by atoms with Crippen LogP contribution in [0.15, 0.2) is 24.4 Å². The smallest absolute Gasteiger partial charge is 0.244 e. The Bertz CT molecular complexity index is 1450. The van der Waals surface area contributed by atoms with Gasteiger partial charge in [-0.2, -0.15) is 4.98 Å². The molecule has 5 rings (SSSR count). The van der Waals surface area contributed by atoms with Crippen molar-refractivity contribution < 1.29 is 18.3 Å². The van der Waals surface area contributed by atoms with E-state index in [0.717, 1.165) is 5.82 Å². The highest BCUT2D eigenvalue weighted by atomic mass is 19.1. The van der Waals surface area contributed by atoms with E-state index in [0.29, 0.717) is 27.7 Å². The molecule has 0 aliphatic carbocycles. The summed E-state index contributed by atoms with van der Waals surface area (Å²) < 4.78 is 38.7. The van der Waals surface area contributed by atoms with Crippen LogP contribution in [0.25, 0.3) is 27.7 Å². The zero-order valence-electron chi connectivity index (χ0n) is 20.2. The maximum atomic E-state index is 15.1. The molecule has 0 radical (unpaired) electrons. The van der Waals surface area contributed by atoms with Crippen molar-refractivity contribution in [2.24, 2.45) is 0 Å². The van der Waals surface area contributed by atoms with Crippen molar-refractivity contribution in [2.45, 2.75) is 46.0 Å². The van der Waals surface area contributed by atoms with Crippen LogP contribution in [-0.4, -0.2) is 67.4 Å². The largest absolute Gasteiger partial charge is 0.479 e. The van der Waals surface area contributed by atoms with Gasteiger partial charge in [-0.3, -0.25) is 4.79 Å². The number of aromatic nitrogens is 5. The molecule has 1 amide bonds. The highest BCUT2D eigenvalue weighted by Gasteiger charge is 2.35. The van der Waals surface area contributed by atoms with Gasteiger partial charge in [0, 0.05) is 31.3 Å². The van der Waals surface area contributed by atoms with Crippen LogP contribution in [0.4, 0.5) is 14.7 Å². The number of rotatable bonds is 5. The van der Waals surface area contributed by atoms with E-state index < -0.39 is 18.0 Å². The number of hydrogen-bond donors (Lipinski definition) is 1. The van der Waals surface area contributed by atoms with Crippen molar-refractivity contribution in [2.75, 3.05) is 25.5 Å². The minimum atomic E-state index is -1.24. The lowest BCUT2D eigenvalue weighted by molar-refractivity contribution is -0.128. The topological polar surface area (TPSA) is 89.6 Å². The van der Waals surface area contributed by atoms with Gasteiger partial charge in [-0.15, -0.1) is 5.10 Å². The summed E-state index contributed by atoms with van der Waals surface area (Å²) in [6.45, 7) is 7.58. The number of anilines is 1. The molecule has 0 bridgehead atoms. The Labute approximate surface area is 200 Å². The number of imidazole rings is 1. The summed E-state index contributed by atoms with van der Waals surface area (Å²) in [5, 5.41) is 7.45. The molecule has 2 atom stereocenters. The van der Waals surface area contributed by atoms with Crippen LogP contribution < -0.4 is 10.1 Å². The van der Waals surface area contributed by atoms with Crippen molar-refractivity contribution in [1.82, 2.24) is 29.0 Å². The lowest BCUT2D eigenvalue weighted by atomic mass is 10.1. The molecule has 11 heteroatoms. The molecule has 0 saturated carbocycles. The van der Waals surface area contributed by atoms with Gasteiger partial charge in [0.15, 0.2) is 5.82 Å². The number of nitrogens with zero attached hydrogens (tertiary/aromatic N) is 6. The molecule has 1 fully saturated rings. The Morgan fingerprint density at radius 3 is 2.69 bits per heavy atom. The highest BCUT2D eigenvalue weighted by molar-refractivity contribution is 5.90. The first-order valence-electron chi connectivity index (χ1n) is 11.5. The fraction of sp³-hybridized carbons (Fsp3) is 0.417. The van der Waals surface area contributed by atoms with Crippen molar-refractivity contribution in [3.8, 4) is 17.0 Å². The second-order valence-corrected chi connectivity index (χ2v) is 9.11. The summed E-state index contributed by atoms with van der Waals surface area (Å²) in [6.07, 6.45) is 0.477. The monoisotopic (exact) mass is 483 g/mol. The van der Waals surface area contributed by atoms with Gasteiger partial charge in [-0.25, -0.2) is 18.3 Å². The number of methoxy groups -OCH3 is 1. The number of hydrogen-bond acceptors (Lipinski definition) is 6. The molecule has 184 valence electrons. The fourth-order valence-electron chi connectivity index (χ4n) is 4.83. The minimum absolute atomic E-state index is 0.0283. The van der Waals surface area contributed by atoms with Crippen LogP contribution in [0.2, 0.25) is 0 Å². The number of nitrogens with one attached hydrogen (secondary N) is 1. The number of likely N-dealkylation sites (tertiary alicyclic amines) is 1. The molecule has 1 saturated heterocycles. The average molecular weight is 484 g/mol. The molecule has 4 aromatic rings. The Kier molecular flexibility index (Phi) is 5.57. The van der Waals surface area contributed by atoms with Gasteiger partial charge in [-0.05, 0) is 44.5 Å². The first-order chi connectivity index (χ1) is 16.7. The molecule has 1 N–H and O–H groups in total. The second kappa shape index (κ2) is 8.47. The maximum Gasteiger partial charge on any atom is 0.244 e. The van der Waals surface area contributed by atoms with Crippen molar-refractivity contribution in [1.29, 1.82) is 0 Å². The summed E-state index contributed by atoms with van der Waals surface area (Å²) in [5.41, 5.74) is 2.91. The highest BCUT2D eigenvalue weighted by Crippen LogP contribution is 2.35. The van der Waals surface area contributed by atoms with Crippen molar-refractivity contribution in [3.63, 3.8) is 0 Å². The predicted octanol–water partition coefficient (Wildman–Crippen LogP) is 3.76. The molecule has 0 unspecified atom stereocenters. The van der Waals surface area contributed by atoms with Gasteiger partial charge in [0.1, 0.15) is 23.0 Å².